The number of anilines is 1. The van der Waals surface area contributed by atoms with Gasteiger partial charge >= 0.3 is 0 Å². The van der Waals surface area contributed by atoms with Crippen molar-refractivity contribution >= 4 is 34.6 Å². The van der Waals surface area contributed by atoms with Crippen molar-refractivity contribution in [3.63, 3.8) is 0 Å². The Bertz CT molecular complexity index is 660. The summed E-state index contributed by atoms with van der Waals surface area (Å²) < 4.78 is 0. The fourth-order valence-corrected chi connectivity index (χ4v) is 2.21. The molecule has 0 unspecified atom stereocenters. The number of non-ortho nitro benzene ring substituents is 1. The average molecular weight is 311 g/mol. The van der Waals surface area contributed by atoms with Crippen LogP contribution in [0.2, 0.25) is 10.0 Å². The van der Waals surface area contributed by atoms with Gasteiger partial charge in [-0.05, 0) is 42.3 Å². The van der Waals surface area contributed by atoms with Crippen LogP contribution in [0.25, 0.3) is 0 Å². The second kappa shape index (κ2) is 6.11. The molecule has 0 aromatic heterocycles. The number of aryl methyl sites for hydroxylation is 1. The second-order valence-electron chi connectivity index (χ2n) is 4.35. The zero-order chi connectivity index (χ0) is 14.7. The number of nitro benzene ring substituents is 1. The quantitative estimate of drug-likeness (QED) is 0.650. The normalized spacial score (nSPS) is 10.3. The highest BCUT2D eigenvalue weighted by atomic mass is 35.5. The highest BCUT2D eigenvalue weighted by Gasteiger charge is 2.08. The van der Waals surface area contributed by atoms with Crippen LogP contribution in [-0.2, 0) is 6.54 Å². The number of halogens is 2. The van der Waals surface area contributed by atoms with E-state index < -0.39 is 4.92 Å². The lowest BCUT2D eigenvalue weighted by atomic mass is 10.1. The number of hydrogen-bond donors (Lipinski definition) is 1. The van der Waals surface area contributed by atoms with Gasteiger partial charge in [0.2, 0.25) is 0 Å². The first-order chi connectivity index (χ1) is 9.47. The van der Waals surface area contributed by atoms with E-state index in [2.05, 4.69) is 5.32 Å². The molecule has 104 valence electrons. The molecule has 0 aliphatic rings. The molecule has 0 heterocycles. The Morgan fingerprint density at radius 1 is 1.20 bits per heavy atom. The van der Waals surface area contributed by atoms with Gasteiger partial charge in [-0.2, -0.15) is 0 Å². The summed E-state index contributed by atoms with van der Waals surface area (Å²) in [6, 6.07) is 9.94. The van der Waals surface area contributed by atoms with Gasteiger partial charge in [0.25, 0.3) is 5.69 Å². The molecule has 20 heavy (non-hydrogen) atoms. The van der Waals surface area contributed by atoms with Gasteiger partial charge in [0.15, 0.2) is 0 Å². The number of nitrogens with one attached hydrogen (secondary N) is 1. The van der Waals surface area contributed by atoms with Gasteiger partial charge in [-0.1, -0.05) is 23.2 Å². The predicted molar refractivity (Wildman–Crippen MR) is 81.6 cm³/mol. The Balaban J connectivity index is 2.15. The van der Waals surface area contributed by atoms with Crippen LogP contribution < -0.4 is 5.32 Å². The molecule has 6 heteroatoms. The number of benzene rings is 2. The van der Waals surface area contributed by atoms with Crippen LogP contribution in [0.5, 0.6) is 0 Å². The lowest BCUT2D eigenvalue weighted by molar-refractivity contribution is -0.384. The lowest BCUT2D eigenvalue weighted by Crippen LogP contribution is -2.02. The molecule has 2 aromatic carbocycles. The Labute approximate surface area is 126 Å². The molecule has 0 bridgehead atoms. The molecule has 0 aliphatic carbocycles. The van der Waals surface area contributed by atoms with E-state index in [0.717, 1.165) is 16.8 Å². The van der Waals surface area contributed by atoms with E-state index in [4.69, 9.17) is 23.2 Å². The summed E-state index contributed by atoms with van der Waals surface area (Å²) in [4.78, 5) is 10.3. The van der Waals surface area contributed by atoms with Gasteiger partial charge < -0.3 is 5.32 Å². The SMILES string of the molecule is Cc1cc([N+](=O)[O-])ccc1NCc1cc(Cl)ccc1Cl. The molecule has 0 aliphatic heterocycles. The van der Waals surface area contributed by atoms with Crippen molar-refractivity contribution in [2.75, 3.05) is 5.32 Å². The third kappa shape index (κ3) is 3.40. The number of hydrogen-bond acceptors (Lipinski definition) is 3. The van der Waals surface area contributed by atoms with Crippen molar-refractivity contribution in [2.45, 2.75) is 13.5 Å². The van der Waals surface area contributed by atoms with E-state index in [0.29, 0.717) is 16.6 Å². The van der Waals surface area contributed by atoms with Gasteiger partial charge in [-0.15, -0.1) is 0 Å². The van der Waals surface area contributed by atoms with Crippen LogP contribution in [0.15, 0.2) is 36.4 Å². The molecule has 2 rings (SSSR count). The van der Waals surface area contributed by atoms with Gasteiger partial charge in [-0.25, -0.2) is 0 Å². The second-order valence-corrected chi connectivity index (χ2v) is 5.19. The van der Waals surface area contributed by atoms with Crippen molar-refractivity contribution in [1.29, 1.82) is 0 Å². The molecular formula is C14H12Cl2N2O2. The Kier molecular flexibility index (Phi) is 4.47. The highest BCUT2D eigenvalue weighted by molar-refractivity contribution is 6.33. The maximum atomic E-state index is 10.7. The van der Waals surface area contributed by atoms with Crippen LogP contribution in [0.1, 0.15) is 11.1 Å². The molecule has 0 saturated heterocycles. The summed E-state index contributed by atoms with van der Waals surface area (Å²) in [5.41, 5.74) is 2.58. The minimum Gasteiger partial charge on any atom is -0.381 e. The third-order valence-corrected chi connectivity index (χ3v) is 3.50. The largest absolute Gasteiger partial charge is 0.381 e. The van der Waals surface area contributed by atoms with Crippen LogP contribution >= 0.6 is 23.2 Å². The minimum atomic E-state index is -0.412. The fraction of sp³-hybridized carbons (Fsp3) is 0.143. The van der Waals surface area contributed by atoms with Crippen LogP contribution in [-0.4, -0.2) is 4.92 Å². The van der Waals surface area contributed by atoms with Crippen LogP contribution in [0.3, 0.4) is 0 Å². The Hall–Kier alpha value is -1.78. The monoisotopic (exact) mass is 310 g/mol. The average Bonchev–Trinajstić information content (AvgIpc) is 2.40. The van der Waals surface area contributed by atoms with Gasteiger partial charge in [0, 0.05) is 34.4 Å². The van der Waals surface area contributed by atoms with Crippen molar-refractivity contribution in [3.8, 4) is 0 Å². The molecular weight excluding hydrogens is 299 g/mol. The first kappa shape index (κ1) is 14.6. The Morgan fingerprint density at radius 2 is 1.95 bits per heavy atom. The standard InChI is InChI=1S/C14H12Cl2N2O2/c1-9-6-12(18(19)20)3-5-14(9)17-8-10-7-11(15)2-4-13(10)16/h2-7,17H,8H2,1H3. The minimum absolute atomic E-state index is 0.0776. The van der Waals surface area contributed by atoms with Crippen molar-refractivity contribution in [3.05, 3.63) is 67.7 Å². The first-order valence-corrected chi connectivity index (χ1v) is 6.66. The van der Waals surface area contributed by atoms with E-state index in [1.54, 1.807) is 24.3 Å². The van der Waals surface area contributed by atoms with Gasteiger partial charge in [0.1, 0.15) is 0 Å². The van der Waals surface area contributed by atoms with E-state index in [9.17, 15) is 10.1 Å². The molecule has 0 atom stereocenters. The number of rotatable bonds is 4. The highest BCUT2D eigenvalue weighted by Crippen LogP contribution is 2.24. The van der Waals surface area contributed by atoms with Gasteiger partial charge in [-0.3, -0.25) is 10.1 Å². The first-order valence-electron chi connectivity index (χ1n) is 5.90. The molecule has 0 radical (unpaired) electrons. The zero-order valence-electron chi connectivity index (χ0n) is 10.7. The summed E-state index contributed by atoms with van der Waals surface area (Å²) in [6.45, 7) is 2.31. The summed E-state index contributed by atoms with van der Waals surface area (Å²) in [5, 5.41) is 15.1. The zero-order valence-corrected chi connectivity index (χ0v) is 12.2. The third-order valence-electron chi connectivity index (χ3n) is 2.90. The number of nitro groups is 1. The smallest absolute Gasteiger partial charge is 0.269 e. The molecule has 0 fully saturated rings. The molecule has 4 nitrogen and oxygen atoms in total. The summed E-state index contributed by atoms with van der Waals surface area (Å²) in [6.07, 6.45) is 0. The maximum Gasteiger partial charge on any atom is 0.269 e. The van der Waals surface area contributed by atoms with Crippen LogP contribution in [0, 0.1) is 17.0 Å². The van der Waals surface area contributed by atoms with E-state index in [-0.39, 0.29) is 5.69 Å². The summed E-state index contributed by atoms with van der Waals surface area (Å²) in [5.74, 6) is 0. The van der Waals surface area contributed by atoms with E-state index >= 15 is 0 Å². The predicted octanol–water partition coefficient (Wildman–Crippen LogP) is 4.82. The molecule has 1 N–H and O–H groups in total. The van der Waals surface area contributed by atoms with Crippen molar-refractivity contribution in [1.82, 2.24) is 0 Å². The molecule has 0 saturated carbocycles. The fourth-order valence-electron chi connectivity index (χ4n) is 1.83. The molecule has 0 amide bonds. The molecule has 0 spiro atoms. The van der Waals surface area contributed by atoms with Crippen molar-refractivity contribution < 1.29 is 4.92 Å². The van der Waals surface area contributed by atoms with Gasteiger partial charge in [0.05, 0.1) is 4.92 Å². The summed E-state index contributed by atoms with van der Waals surface area (Å²) >= 11 is 12.0. The topological polar surface area (TPSA) is 55.2 Å². The van der Waals surface area contributed by atoms with Crippen LogP contribution in [0.4, 0.5) is 11.4 Å². The number of nitrogens with zero attached hydrogens (tertiary/aromatic N) is 1. The summed E-state index contributed by atoms with van der Waals surface area (Å²) in [7, 11) is 0. The van der Waals surface area contributed by atoms with Crippen molar-refractivity contribution in [2.24, 2.45) is 0 Å². The maximum absolute atomic E-state index is 10.7. The van der Waals surface area contributed by atoms with E-state index in [1.165, 1.54) is 12.1 Å². The van der Waals surface area contributed by atoms with E-state index in [1.807, 2.05) is 6.92 Å². The Morgan fingerprint density at radius 3 is 2.60 bits per heavy atom. The lowest BCUT2D eigenvalue weighted by Gasteiger charge is -2.11. The molecule has 2 aromatic rings.